The largest absolute Gasteiger partial charge is 0.364 e. The first-order valence-corrected chi connectivity index (χ1v) is 6.29. The molecule has 2 aromatic rings. The summed E-state index contributed by atoms with van der Waals surface area (Å²) in [5, 5.41) is 7.81. The van der Waals surface area contributed by atoms with Crippen LogP contribution in [0.2, 0.25) is 0 Å². The van der Waals surface area contributed by atoms with Crippen molar-refractivity contribution in [3.8, 4) is 0 Å². The van der Waals surface area contributed by atoms with Crippen LogP contribution in [0.25, 0.3) is 0 Å². The van der Waals surface area contributed by atoms with E-state index in [0.717, 1.165) is 24.1 Å². The molecule has 0 radical (unpaired) electrons. The number of benzene rings is 1. The van der Waals surface area contributed by atoms with Crippen LogP contribution in [0.1, 0.15) is 21.6 Å². The number of primary amides is 1. The van der Waals surface area contributed by atoms with Crippen molar-refractivity contribution >= 4 is 11.7 Å². The molecule has 20 heavy (non-hydrogen) atoms. The minimum atomic E-state index is -0.594. The van der Waals surface area contributed by atoms with Crippen molar-refractivity contribution in [3.63, 3.8) is 0 Å². The van der Waals surface area contributed by atoms with Gasteiger partial charge in [-0.15, -0.1) is 10.2 Å². The van der Waals surface area contributed by atoms with E-state index in [0.29, 0.717) is 12.4 Å². The molecule has 2 N–H and O–H groups in total. The highest BCUT2D eigenvalue weighted by Crippen LogP contribution is 2.23. The van der Waals surface area contributed by atoms with Gasteiger partial charge in [0.2, 0.25) is 0 Å². The smallest absolute Gasteiger partial charge is 0.269 e. The molecule has 0 aliphatic carbocycles. The van der Waals surface area contributed by atoms with E-state index >= 15 is 0 Å². The van der Waals surface area contributed by atoms with Crippen molar-refractivity contribution in [2.45, 2.75) is 13.0 Å². The Morgan fingerprint density at radius 1 is 1.20 bits per heavy atom. The Hall–Kier alpha value is -2.50. The number of rotatable bonds is 2. The summed E-state index contributed by atoms with van der Waals surface area (Å²) in [6, 6.07) is 8.12. The zero-order chi connectivity index (χ0) is 14.1. The lowest BCUT2D eigenvalue weighted by molar-refractivity contribution is 0.0994. The lowest BCUT2D eigenvalue weighted by Crippen LogP contribution is -2.31. The SMILES string of the molecule is NC(=O)c1ccc(N2CCc3cc(F)ccc3C2)nn1. The molecule has 2 heterocycles. The zero-order valence-corrected chi connectivity index (χ0v) is 10.7. The second-order valence-electron chi connectivity index (χ2n) is 4.73. The van der Waals surface area contributed by atoms with E-state index < -0.39 is 5.91 Å². The van der Waals surface area contributed by atoms with Crippen LogP contribution in [0.4, 0.5) is 10.2 Å². The highest BCUT2D eigenvalue weighted by Gasteiger charge is 2.18. The molecule has 6 heteroatoms. The number of carbonyl (C=O) groups excluding carboxylic acids is 1. The first-order chi connectivity index (χ1) is 9.63. The van der Waals surface area contributed by atoms with Gasteiger partial charge in [-0.05, 0) is 41.8 Å². The van der Waals surface area contributed by atoms with Crippen molar-refractivity contribution in [1.29, 1.82) is 0 Å². The summed E-state index contributed by atoms with van der Waals surface area (Å²) in [6.07, 6.45) is 0.756. The van der Waals surface area contributed by atoms with Gasteiger partial charge < -0.3 is 10.6 Å². The van der Waals surface area contributed by atoms with E-state index in [-0.39, 0.29) is 11.5 Å². The summed E-state index contributed by atoms with van der Waals surface area (Å²) in [7, 11) is 0. The maximum Gasteiger partial charge on any atom is 0.269 e. The molecule has 0 bridgehead atoms. The second-order valence-corrected chi connectivity index (χ2v) is 4.73. The number of aromatic nitrogens is 2. The van der Waals surface area contributed by atoms with Gasteiger partial charge in [0.15, 0.2) is 11.5 Å². The maximum absolute atomic E-state index is 13.2. The van der Waals surface area contributed by atoms with Crippen LogP contribution in [0.15, 0.2) is 30.3 Å². The molecule has 5 nitrogen and oxygen atoms in total. The summed E-state index contributed by atoms with van der Waals surface area (Å²) in [6.45, 7) is 1.39. The number of nitrogens with two attached hydrogens (primary N) is 1. The third kappa shape index (κ3) is 2.32. The average molecular weight is 272 g/mol. The summed E-state index contributed by atoms with van der Waals surface area (Å²) >= 11 is 0. The number of halogens is 1. The quantitative estimate of drug-likeness (QED) is 0.893. The van der Waals surface area contributed by atoms with Crippen LogP contribution in [0.3, 0.4) is 0 Å². The van der Waals surface area contributed by atoms with E-state index in [1.165, 1.54) is 6.07 Å². The van der Waals surface area contributed by atoms with Gasteiger partial charge in [0.05, 0.1) is 0 Å². The molecular formula is C14H13FN4O. The van der Waals surface area contributed by atoms with Crippen molar-refractivity contribution in [3.05, 3.63) is 53.0 Å². The van der Waals surface area contributed by atoms with Gasteiger partial charge in [-0.2, -0.15) is 0 Å². The van der Waals surface area contributed by atoms with Crippen LogP contribution >= 0.6 is 0 Å². The topological polar surface area (TPSA) is 72.1 Å². The number of nitrogens with zero attached hydrogens (tertiary/aromatic N) is 3. The predicted molar refractivity (Wildman–Crippen MR) is 71.7 cm³/mol. The highest BCUT2D eigenvalue weighted by atomic mass is 19.1. The first kappa shape index (κ1) is 12.5. The molecule has 0 atom stereocenters. The molecule has 3 rings (SSSR count). The van der Waals surface area contributed by atoms with Gasteiger partial charge in [-0.3, -0.25) is 4.79 Å². The summed E-state index contributed by atoms with van der Waals surface area (Å²) in [4.78, 5) is 13.0. The third-order valence-electron chi connectivity index (χ3n) is 3.41. The van der Waals surface area contributed by atoms with Crippen LogP contribution in [-0.4, -0.2) is 22.6 Å². The van der Waals surface area contributed by atoms with Crippen LogP contribution < -0.4 is 10.6 Å². The lowest BCUT2D eigenvalue weighted by Gasteiger charge is -2.29. The number of amides is 1. The minimum absolute atomic E-state index is 0.147. The molecule has 0 saturated carbocycles. The molecule has 0 saturated heterocycles. The Morgan fingerprint density at radius 3 is 2.75 bits per heavy atom. The van der Waals surface area contributed by atoms with Gasteiger partial charge >= 0.3 is 0 Å². The van der Waals surface area contributed by atoms with Crippen LogP contribution in [-0.2, 0) is 13.0 Å². The molecule has 1 aliphatic heterocycles. The molecule has 1 aliphatic rings. The molecule has 0 fully saturated rings. The standard InChI is InChI=1S/C14H13FN4O/c15-11-2-1-10-8-19(6-5-9(10)7-11)13-4-3-12(14(16)20)17-18-13/h1-4,7H,5-6,8H2,(H2,16,20). The fourth-order valence-corrected chi connectivity index (χ4v) is 2.34. The molecular weight excluding hydrogens is 259 g/mol. The lowest BCUT2D eigenvalue weighted by atomic mass is 10.00. The van der Waals surface area contributed by atoms with Gasteiger partial charge in [0, 0.05) is 13.1 Å². The fraction of sp³-hybridized carbons (Fsp3) is 0.214. The second kappa shape index (κ2) is 4.88. The van der Waals surface area contributed by atoms with E-state index in [1.807, 2.05) is 4.90 Å². The maximum atomic E-state index is 13.2. The number of anilines is 1. The molecule has 1 aromatic carbocycles. The van der Waals surface area contributed by atoms with Gasteiger partial charge in [-0.1, -0.05) is 6.07 Å². The number of carbonyl (C=O) groups is 1. The zero-order valence-electron chi connectivity index (χ0n) is 10.7. The molecule has 1 aromatic heterocycles. The normalized spacial score (nSPS) is 13.9. The van der Waals surface area contributed by atoms with Crippen molar-refractivity contribution in [2.24, 2.45) is 5.73 Å². The van der Waals surface area contributed by atoms with Crippen LogP contribution in [0, 0.1) is 5.82 Å². The monoisotopic (exact) mass is 272 g/mol. The van der Waals surface area contributed by atoms with Gasteiger partial charge in [0.1, 0.15) is 5.82 Å². The summed E-state index contributed by atoms with van der Waals surface area (Å²) < 4.78 is 13.2. The number of fused-ring (bicyclic) bond motifs is 1. The highest BCUT2D eigenvalue weighted by molar-refractivity contribution is 5.90. The Labute approximate surface area is 115 Å². The van der Waals surface area contributed by atoms with Crippen molar-refractivity contribution in [1.82, 2.24) is 10.2 Å². The molecule has 102 valence electrons. The Morgan fingerprint density at radius 2 is 2.05 bits per heavy atom. The van der Waals surface area contributed by atoms with E-state index in [9.17, 15) is 9.18 Å². The Balaban J connectivity index is 1.83. The van der Waals surface area contributed by atoms with Gasteiger partial charge in [0.25, 0.3) is 5.91 Å². The van der Waals surface area contributed by atoms with Crippen molar-refractivity contribution in [2.75, 3.05) is 11.4 Å². The minimum Gasteiger partial charge on any atom is -0.364 e. The summed E-state index contributed by atoms with van der Waals surface area (Å²) in [5.41, 5.74) is 7.39. The first-order valence-electron chi connectivity index (χ1n) is 6.29. The van der Waals surface area contributed by atoms with E-state index in [1.54, 1.807) is 24.3 Å². The Bertz CT molecular complexity index is 657. The fourth-order valence-electron chi connectivity index (χ4n) is 2.34. The van der Waals surface area contributed by atoms with Gasteiger partial charge in [-0.25, -0.2) is 4.39 Å². The Kier molecular flexibility index (Phi) is 3.06. The third-order valence-corrected chi connectivity index (χ3v) is 3.41. The van der Waals surface area contributed by atoms with Crippen LogP contribution in [0.5, 0.6) is 0 Å². The van der Waals surface area contributed by atoms with E-state index in [2.05, 4.69) is 10.2 Å². The number of hydrogen-bond acceptors (Lipinski definition) is 4. The molecule has 0 spiro atoms. The van der Waals surface area contributed by atoms with Crippen molar-refractivity contribution < 1.29 is 9.18 Å². The average Bonchev–Trinajstić information content (AvgIpc) is 2.47. The number of hydrogen-bond donors (Lipinski definition) is 1. The predicted octanol–water partition coefficient (Wildman–Crippen LogP) is 1.28. The van der Waals surface area contributed by atoms with E-state index in [4.69, 9.17) is 5.73 Å². The molecule has 1 amide bonds. The summed E-state index contributed by atoms with van der Waals surface area (Å²) in [5.74, 6) is -0.115. The molecule has 0 unspecified atom stereocenters.